The molecule has 0 aliphatic rings. The molecule has 0 saturated heterocycles. The summed E-state index contributed by atoms with van der Waals surface area (Å²) < 4.78 is 11.5. The van der Waals surface area contributed by atoms with Crippen LogP contribution < -0.4 is 5.76 Å². The van der Waals surface area contributed by atoms with Gasteiger partial charge in [-0.05, 0) is 0 Å². The highest BCUT2D eigenvalue weighted by Crippen LogP contribution is 2.17. The summed E-state index contributed by atoms with van der Waals surface area (Å²) in [6.45, 7) is 0.336. The average molecular weight is 334 g/mol. The normalized spacial score (nSPS) is 10.9. The van der Waals surface area contributed by atoms with Crippen LogP contribution in [0.5, 0.6) is 0 Å². The van der Waals surface area contributed by atoms with Crippen LogP contribution in [0, 0.1) is 0 Å². The summed E-state index contributed by atoms with van der Waals surface area (Å²) in [6, 6.07) is 19.0. The molecule has 0 aliphatic carbocycles. The Kier molecular flexibility index (Phi) is 3.96. The fourth-order valence-corrected chi connectivity index (χ4v) is 2.53. The van der Waals surface area contributed by atoms with Gasteiger partial charge in [0.05, 0.1) is 0 Å². The number of hydrogen-bond donors (Lipinski definition) is 0. The maximum absolute atomic E-state index is 11.9. The Hall–Kier alpha value is -3.48. The zero-order valence-electron chi connectivity index (χ0n) is 13.2. The van der Waals surface area contributed by atoms with Crippen molar-refractivity contribution in [3.05, 3.63) is 77.1 Å². The second-order valence-corrected chi connectivity index (χ2v) is 5.42. The van der Waals surface area contributed by atoms with Gasteiger partial charge in [-0.3, -0.25) is 9.09 Å². The lowest BCUT2D eigenvalue weighted by Gasteiger charge is -2.02. The van der Waals surface area contributed by atoms with E-state index in [0.29, 0.717) is 30.5 Å². The van der Waals surface area contributed by atoms with Crippen LogP contribution in [0.15, 0.2) is 74.5 Å². The zero-order chi connectivity index (χ0) is 17.1. The first-order valence-electron chi connectivity index (χ1n) is 7.81. The molecule has 0 N–H and O–H groups in total. The van der Waals surface area contributed by atoms with Crippen molar-refractivity contribution in [1.29, 1.82) is 0 Å². The summed E-state index contributed by atoms with van der Waals surface area (Å²) >= 11 is 0. The number of benzene rings is 2. The minimum Gasteiger partial charge on any atom is -0.339 e. The Bertz CT molecular complexity index is 1020. The van der Waals surface area contributed by atoms with Gasteiger partial charge >= 0.3 is 5.76 Å². The molecule has 2 aromatic carbocycles. The van der Waals surface area contributed by atoms with Crippen molar-refractivity contribution >= 4 is 0 Å². The minimum absolute atomic E-state index is 0.336. The van der Waals surface area contributed by atoms with E-state index in [9.17, 15) is 4.79 Å². The summed E-state index contributed by atoms with van der Waals surface area (Å²) in [5.74, 6) is 0.942. The van der Waals surface area contributed by atoms with Gasteiger partial charge in [0.15, 0.2) is 5.82 Å². The van der Waals surface area contributed by atoms with E-state index in [1.54, 1.807) is 0 Å². The van der Waals surface area contributed by atoms with Crippen LogP contribution in [0.2, 0.25) is 0 Å². The predicted octanol–water partition coefficient (Wildman–Crippen LogP) is 2.80. The molecule has 7 heteroatoms. The first-order chi connectivity index (χ1) is 12.3. The monoisotopic (exact) mass is 334 g/mol. The van der Waals surface area contributed by atoms with Crippen molar-refractivity contribution in [1.82, 2.24) is 19.9 Å². The van der Waals surface area contributed by atoms with E-state index in [1.165, 1.54) is 4.57 Å². The Morgan fingerprint density at radius 1 is 0.840 bits per heavy atom. The minimum atomic E-state index is -0.512. The number of aryl methyl sites for hydroxylation is 1. The molecule has 7 nitrogen and oxygen atoms in total. The molecule has 0 spiro atoms. The molecule has 0 amide bonds. The van der Waals surface area contributed by atoms with Crippen LogP contribution in [-0.4, -0.2) is 19.9 Å². The molecule has 0 atom stereocenters. The molecule has 4 rings (SSSR count). The Morgan fingerprint density at radius 2 is 1.52 bits per heavy atom. The Labute approximate surface area is 142 Å². The molecule has 0 aliphatic heterocycles. The second kappa shape index (κ2) is 6.56. The van der Waals surface area contributed by atoms with Crippen molar-refractivity contribution < 1.29 is 9.05 Å². The van der Waals surface area contributed by atoms with Crippen LogP contribution in [-0.2, 0) is 13.0 Å². The molecule has 25 heavy (non-hydrogen) atoms. The van der Waals surface area contributed by atoms with E-state index in [0.717, 1.165) is 11.1 Å². The van der Waals surface area contributed by atoms with Crippen LogP contribution in [0.4, 0.5) is 0 Å². The van der Waals surface area contributed by atoms with E-state index in [1.807, 2.05) is 60.7 Å². The summed E-state index contributed by atoms with van der Waals surface area (Å²) in [4.78, 5) is 16.3. The highest BCUT2D eigenvalue weighted by Gasteiger charge is 2.14. The van der Waals surface area contributed by atoms with Gasteiger partial charge in [0.1, 0.15) is 0 Å². The number of rotatable bonds is 5. The van der Waals surface area contributed by atoms with Gasteiger partial charge in [-0.2, -0.15) is 4.98 Å². The van der Waals surface area contributed by atoms with Gasteiger partial charge in [0, 0.05) is 24.1 Å². The van der Waals surface area contributed by atoms with Gasteiger partial charge in [0.25, 0.3) is 0 Å². The molecule has 0 saturated carbocycles. The fraction of sp³-hybridized carbons (Fsp3) is 0.111. The smallest absolute Gasteiger partial charge is 0.339 e. The first kappa shape index (κ1) is 15.1. The van der Waals surface area contributed by atoms with Crippen molar-refractivity contribution in [3.8, 4) is 22.8 Å². The molecule has 0 fully saturated rings. The summed E-state index contributed by atoms with van der Waals surface area (Å²) in [7, 11) is 0. The molecular weight excluding hydrogens is 320 g/mol. The van der Waals surface area contributed by atoms with E-state index in [4.69, 9.17) is 9.05 Å². The molecule has 0 bridgehead atoms. The van der Waals surface area contributed by atoms with Crippen molar-refractivity contribution in [3.63, 3.8) is 0 Å². The first-order valence-corrected chi connectivity index (χ1v) is 7.81. The Balaban J connectivity index is 1.54. The van der Waals surface area contributed by atoms with Gasteiger partial charge < -0.3 is 4.52 Å². The fourth-order valence-electron chi connectivity index (χ4n) is 2.53. The largest absolute Gasteiger partial charge is 0.441 e. The number of hydrogen-bond acceptors (Lipinski definition) is 6. The maximum Gasteiger partial charge on any atom is 0.441 e. The molecule has 124 valence electrons. The van der Waals surface area contributed by atoms with E-state index >= 15 is 0 Å². The molecule has 0 unspecified atom stereocenters. The van der Waals surface area contributed by atoms with Crippen molar-refractivity contribution in [2.24, 2.45) is 0 Å². The lowest BCUT2D eigenvalue weighted by molar-refractivity contribution is 0.359. The summed E-state index contributed by atoms with van der Waals surface area (Å²) in [5, 5.41) is 7.84. The Morgan fingerprint density at radius 3 is 2.24 bits per heavy atom. The summed E-state index contributed by atoms with van der Waals surface area (Å²) in [6.07, 6.45) is 0.404. The lowest BCUT2D eigenvalue weighted by Crippen LogP contribution is -2.17. The zero-order valence-corrected chi connectivity index (χ0v) is 13.2. The van der Waals surface area contributed by atoms with Gasteiger partial charge in [-0.15, -0.1) is 0 Å². The van der Waals surface area contributed by atoms with Crippen molar-refractivity contribution in [2.45, 2.75) is 13.0 Å². The standard InChI is InChI=1S/C18H14N4O3/c23-18-22(17(21-25-18)14-9-5-2-6-10-14)12-11-15-19-16(20-24-15)13-7-3-1-4-8-13/h1-10H,11-12H2. The van der Waals surface area contributed by atoms with Gasteiger partial charge in [-0.1, -0.05) is 71.0 Å². The summed E-state index contributed by atoms with van der Waals surface area (Å²) in [5.41, 5.74) is 1.69. The average Bonchev–Trinajstić information content (AvgIpc) is 3.28. The maximum atomic E-state index is 11.9. The van der Waals surface area contributed by atoms with E-state index in [-0.39, 0.29) is 0 Å². The van der Waals surface area contributed by atoms with Gasteiger partial charge in [0.2, 0.25) is 11.7 Å². The van der Waals surface area contributed by atoms with Crippen molar-refractivity contribution in [2.75, 3.05) is 0 Å². The predicted molar refractivity (Wildman–Crippen MR) is 89.6 cm³/mol. The lowest BCUT2D eigenvalue weighted by atomic mass is 10.2. The highest BCUT2D eigenvalue weighted by molar-refractivity contribution is 5.54. The molecule has 2 heterocycles. The van der Waals surface area contributed by atoms with Crippen LogP contribution in [0.1, 0.15) is 5.89 Å². The highest BCUT2D eigenvalue weighted by atomic mass is 16.5. The third-order valence-electron chi connectivity index (χ3n) is 3.77. The molecule has 4 aromatic rings. The van der Waals surface area contributed by atoms with Gasteiger partial charge in [-0.25, -0.2) is 4.79 Å². The van der Waals surface area contributed by atoms with Crippen LogP contribution in [0.25, 0.3) is 22.8 Å². The number of nitrogens with zero attached hydrogens (tertiary/aromatic N) is 4. The van der Waals surface area contributed by atoms with E-state index < -0.39 is 5.76 Å². The SMILES string of the molecule is O=c1onc(-c2ccccc2)n1CCc1nc(-c2ccccc2)no1. The van der Waals surface area contributed by atoms with Crippen LogP contribution in [0.3, 0.4) is 0 Å². The quantitative estimate of drug-likeness (QED) is 0.558. The van der Waals surface area contributed by atoms with E-state index in [2.05, 4.69) is 15.3 Å². The third-order valence-corrected chi connectivity index (χ3v) is 3.77. The number of aromatic nitrogens is 4. The molecule has 2 aromatic heterocycles. The third kappa shape index (κ3) is 3.12. The second-order valence-electron chi connectivity index (χ2n) is 5.42. The molecular formula is C18H14N4O3. The van der Waals surface area contributed by atoms with Crippen LogP contribution >= 0.6 is 0 Å². The topological polar surface area (TPSA) is 87.0 Å². The molecule has 0 radical (unpaired) electrons.